The van der Waals surface area contributed by atoms with Crippen LogP contribution in [0.25, 0.3) is 15.9 Å². The van der Waals surface area contributed by atoms with Crippen molar-refractivity contribution in [2.24, 2.45) is 0 Å². The molecule has 1 unspecified atom stereocenters. The summed E-state index contributed by atoms with van der Waals surface area (Å²) in [4.78, 5) is 45.0. The molecule has 2 heterocycles. The molecular formula is C24H28N4O3S2. The van der Waals surface area contributed by atoms with Crippen LogP contribution >= 0.6 is 23.1 Å². The maximum atomic E-state index is 13.7. The molecule has 7 nitrogen and oxygen atoms in total. The number of rotatable bonds is 6. The number of urea groups is 1. The summed E-state index contributed by atoms with van der Waals surface area (Å²) in [7, 11) is 0. The first kappa shape index (κ1) is 23.5. The Hall–Kier alpha value is -2.65. The van der Waals surface area contributed by atoms with Crippen LogP contribution in [0.2, 0.25) is 0 Å². The number of imide groups is 1. The van der Waals surface area contributed by atoms with E-state index in [9.17, 15) is 14.4 Å². The van der Waals surface area contributed by atoms with Gasteiger partial charge in [-0.15, -0.1) is 11.3 Å². The van der Waals surface area contributed by atoms with Crippen LogP contribution in [0.15, 0.2) is 28.2 Å². The highest BCUT2D eigenvalue weighted by atomic mass is 32.2. The van der Waals surface area contributed by atoms with Gasteiger partial charge in [0.1, 0.15) is 4.83 Å². The predicted octanol–water partition coefficient (Wildman–Crippen LogP) is 4.40. The van der Waals surface area contributed by atoms with Gasteiger partial charge in [0.15, 0.2) is 5.16 Å². The molecule has 0 aliphatic heterocycles. The number of nitrogens with zero attached hydrogens (tertiary/aromatic N) is 2. The topological polar surface area (TPSA) is 93.1 Å². The number of aryl methyl sites for hydroxylation is 4. The van der Waals surface area contributed by atoms with E-state index in [0.29, 0.717) is 21.1 Å². The van der Waals surface area contributed by atoms with Gasteiger partial charge >= 0.3 is 6.03 Å². The molecule has 0 spiro atoms. The van der Waals surface area contributed by atoms with Gasteiger partial charge in [-0.2, -0.15) is 0 Å². The Morgan fingerprint density at radius 2 is 1.97 bits per heavy atom. The second-order valence-corrected chi connectivity index (χ2v) is 11.0. The lowest BCUT2D eigenvalue weighted by atomic mass is 10.1. The minimum atomic E-state index is -0.621. The van der Waals surface area contributed by atoms with E-state index in [1.807, 2.05) is 45.9 Å². The van der Waals surface area contributed by atoms with Crippen molar-refractivity contribution in [2.75, 3.05) is 0 Å². The van der Waals surface area contributed by atoms with Crippen molar-refractivity contribution in [2.45, 2.75) is 70.3 Å². The van der Waals surface area contributed by atoms with Gasteiger partial charge in [0.05, 0.1) is 16.3 Å². The van der Waals surface area contributed by atoms with Crippen molar-refractivity contribution < 1.29 is 9.59 Å². The molecule has 1 saturated carbocycles. The predicted molar refractivity (Wildman–Crippen MR) is 134 cm³/mol. The molecule has 2 N–H and O–H groups in total. The maximum absolute atomic E-state index is 13.7. The van der Waals surface area contributed by atoms with Gasteiger partial charge in [-0.05, 0) is 75.8 Å². The summed E-state index contributed by atoms with van der Waals surface area (Å²) in [6, 6.07) is 5.53. The highest BCUT2D eigenvalue weighted by Crippen LogP contribution is 2.32. The average molecular weight is 485 g/mol. The highest BCUT2D eigenvalue weighted by molar-refractivity contribution is 8.00. The standard InChI is InChI=1S/C24H28N4O3S2/c1-6-18-14(4)32-21-19(18)22(30)28(17-10-7-12(2)13(3)11-17)24(27-21)33-15(5)20(29)26-23(31)25-16-8-9-16/h7,10-11,15-16H,6,8-9H2,1-5H3,(H2,25,26,29,31). The van der Waals surface area contributed by atoms with E-state index in [2.05, 4.69) is 10.6 Å². The number of hydrogen-bond acceptors (Lipinski definition) is 6. The zero-order chi connectivity index (χ0) is 23.9. The largest absolute Gasteiger partial charge is 0.335 e. The minimum absolute atomic E-state index is 0.133. The number of hydrogen-bond donors (Lipinski definition) is 2. The summed E-state index contributed by atoms with van der Waals surface area (Å²) < 4.78 is 1.60. The van der Waals surface area contributed by atoms with Crippen molar-refractivity contribution in [3.63, 3.8) is 0 Å². The van der Waals surface area contributed by atoms with Crippen molar-refractivity contribution in [3.8, 4) is 5.69 Å². The van der Waals surface area contributed by atoms with E-state index < -0.39 is 17.2 Å². The van der Waals surface area contributed by atoms with Crippen LogP contribution in [0.1, 0.15) is 48.3 Å². The molecule has 9 heteroatoms. The Bertz CT molecular complexity index is 1310. The second kappa shape index (κ2) is 9.30. The number of fused-ring (bicyclic) bond motifs is 1. The molecule has 1 aromatic carbocycles. The van der Waals surface area contributed by atoms with Gasteiger partial charge in [0.25, 0.3) is 5.56 Å². The van der Waals surface area contributed by atoms with Gasteiger partial charge in [-0.3, -0.25) is 19.5 Å². The van der Waals surface area contributed by atoms with E-state index in [0.717, 1.165) is 40.8 Å². The number of amides is 3. The molecule has 3 aromatic rings. The zero-order valence-corrected chi connectivity index (χ0v) is 21.1. The molecule has 174 valence electrons. The van der Waals surface area contributed by atoms with Gasteiger partial charge in [0.2, 0.25) is 5.91 Å². The first-order valence-electron chi connectivity index (χ1n) is 11.1. The lowest BCUT2D eigenvalue weighted by molar-refractivity contribution is -0.119. The van der Waals surface area contributed by atoms with E-state index >= 15 is 0 Å². The van der Waals surface area contributed by atoms with Crippen LogP contribution in [-0.4, -0.2) is 32.8 Å². The van der Waals surface area contributed by atoms with Crippen LogP contribution in [-0.2, 0) is 11.2 Å². The Morgan fingerprint density at radius 3 is 2.61 bits per heavy atom. The van der Waals surface area contributed by atoms with Crippen LogP contribution in [0, 0.1) is 20.8 Å². The van der Waals surface area contributed by atoms with Crippen LogP contribution < -0.4 is 16.2 Å². The summed E-state index contributed by atoms with van der Waals surface area (Å²) in [5.74, 6) is -0.421. The fourth-order valence-electron chi connectivity index (χ4n) is 3.67. The van der Waals surface area contributed by atoms with Crippen LogP contribution in [0.4, 0.5) is 4.79 Å². The number of thioether (sulfide) groups is 1. The number of carbonyl (C=O) groups excluding carboxylic acids is 2. The molecule has 1 atom stereocenters. The Kier molecular flexibility index (Phi) is 6.63. The third-order valence-electron chi connectivity index (χ3n) is 5.90. The Balaban J connectivity index is 1.75. The number of aromatic nitrogens is 2. The highest BCUT2D eigenvalue weighted by Gasteiger charge is 2.27. The minimum Gasteiger partial charge on any atom is -0.335 e. The third kappa shape index (κ3) is 4.84. The molecule has 0 bridgehead atoms. The number of benzene rings is 1. The lowest BCUT2D eigenvalue weighted by Crippen LogP contribution is -2.43. The van der Waals surface area contributed by atoms with Gasteiger partial charge < -0.3 is 5.32 Å². The first-order valence-corrected chi connectivity index (χ1v) is 12.8. The molecule has 0 saturated heterocycles. The van der Waals surface area contributed by atoms with E-state index in [1.54, 1.807) is 11.5 Å². The van der Waals surface area contributed by atoms with Gasteiger partial charge in [-0.25, -0.2) is 9.78 Å². The third-order valence-corrected chi connectivity index (χ3v) is 7.99. The van der Waals surface area contributed by atoms with Crippen LogP contribution in [0.5, 0.6) is 0 Å². The summed E-state index contributed by atoms with van der Waals surface area (Å²) in [5, 5.41) is 5.61. The molecule has 0 radical (unpaired) electrons. The fourth-order valence-corrected chi connectivity index (χ4v) is 5.75. The molecule has 1 aliphatic carbocycles. The SMILES string of the molecule is CCc1c(C)sc2nc(SC(C)C(=O)NC(=O)NC3CC3)n(-c3ccc(C)c(C)c3)c(=O)c12. The number of nitrogens with one attached hydrogen (secondary N) is 2. The molecule has 2 aromatic heterocycles. The summed E-state index contributed by atoms with van der Waals surface area (Å²) in [5.41, 5.74) is 3.79. The second-order valence-electron chi connectivity index (χ2n) is 8.47. The smallest absolute Gasteiger partial charge is 0.321 e. The molecule has 1 fully saturated rings. The van der Waals surface area contributed by atoms with Gasteiger partial charge in [-0.1, -0.05) is 24.8 Å². The normalized spacial score (nSPS) is 14.3. The monoisotopic (exact) mass is 484 g/mol. The van der Waals surface area contributed by atoms with E-state index in [1.165, 1.54) is 23.1 Å². The fraction of sp³-hybridized carbons (Fsp3) is 0.417. The van der Waals surface area contributed by atoms with Gasteiger partial charge in [0, 0.05) is 10.9 Å². The molecule has 1 aliphatic rings. The van der Waals surface area contributed by atoms with Crippen LogP contribution in [0.3, 0.4) is 0 Å². The number of carbonyl (C=O) groups is 2. The quantitative estimate of drug-likeness (QED) is 0.400. The molecular weight excluding hydrogens is 456 g/mol. The summed E-state index contributed by atoms with van der Waals surface area (Å²) in [6.07, 6.45) is 2.63. The van der Waals surface area contributed by atoms with Crippen molar-refractivity contribution in [1.29, 1.82) is 0 Å². The Morgan fingerprint density at radius 1 is 1.24 bits per heavy atom. The van der Waals surface area contributed by atoms with Crippen molar-refractivity contribution in [3.05, 3.63) is 50.1 Å². The zero-order valence-electron chi connectivity index (χ0n) is 19.4. The van der Waals surface area contributed by atoms with Crippen molar-refractivity contribution in [1.82, 2.24) is 20.2 Å². The summed E-state index contributed by atoms with van der Waals surface area (Å²) in [6.45, 7) is 9.78. The Labute approximate surface area is 201 Å². The summed E-state index contributed by atoms with van der Waals surface area (Å²) >= 11 is 2.68. The lowest BCUT2D eigenvalue weighted by Gasteiger charge is -2.16. The molecule has 4 rings (SSSR count). The van der Waals surface area contributed by atoms with Crippen molar-refractivity contribution >= 4 is 45.3 Å². The average Bonchev–Trinajstić information content (AvgIpc) is 3.50. The van der Waals surface area contributed by atoms with E-state index in [-0.39, 0.29) is 11.6 Å². The number of thiophene rings is 1. The van der Waals surface area contributed by atoms with E-state index in [4.69, 9.17) is 4.98 Å². The maximum Gasteiger partial charge on any atom is 0.321 e. The molecule has 3 amide bonds. The molecule has 33 heavy (non-hydrogen) atoms. The first-order chi connectivity index (χ1) is 15.7.